The molecular weight excluding hydrogens is 345 g/mol. The molecule has 3 rings (SSSR count). The molecule has 3 aromatic rings. The van der Waals surface area contributed by atoms with Gasteiger partial charge >= 0.3 is 0 Å². The summed E-state index contributed by atoms with van der Waals surface area (Å²) in [5.74, 6) is 0. The van der Waals surface area contributed by atoms with Crippen LogP contribution in [0.5, 0.6) is 0 Å². The van der Waals surface area contributed by atoms with Gasteiger partial charge < -0.3 is 5.32 Å². The Morgan fingerprint density at radius 3 is 1.70 bits per heavy atom. The van der Waals surface area contributed by atoms with Gasteiger partial charge in [-0.15, -0.1) is 0 Å². The SMILES string of the molecule is CC[C@@H](CCN[C@H](C)c1ccccc1)P(c1ccccc1)c1ccccc1. The maximum Gasteiger partial charge on any atom is 0.0291 e. The smallest absolute Gasteiger partial charge is 0.0291 e. The zero-order chi connectivity index (χ0) is 18.9. The van der Waals surface area contributed by atoms with E-state index in [9.17, 15) is 0 Å². The molecule has 0 aliphatic rings. The Morgan fingerprint density at radius 2 is 1.22 bits per heavy atom. The van der Waals surface area contributed by atoms with Crippen LogP contribution in [0.15, 0.2) is 91.0 Å². The minimum absolute atomic E-state index is 0.340. The second-order valence-electron chi connectivity index (χ2n) is 6.98. The molecule has 0 unspecified atom stereocenters. The van der Waals surface area contributed by atoms with Crippen LogP contribution in [0.2, 0.25) is 0 Å². The number of rotatable bonds is 9. The Morgan fingerprint density at radius 1 is 0.741 bits per heavy atom. The normalized spacial score (nSPS) is 13.4. The third kappa shape index (κ3) is 5.51. The molecule has 0 aliphatic carbocycles. The quantitative estimate of drug-likeness (QED) is 0.477. The first kappa shape index (κ1) is 19.8. The first-order chi connectivity index (χ1) is 13.3. The summed E-state index contributed by atoms with van der Waals surface area (Å²) in [6.07, 6.45) is 2.40. The lowest BCUT2D eigenvalue weighted by Gasteiger charge is -2.28. The Labute approximate surface area is 165 Å². The fourth-order valence-electron chi connectivity index (χ4n) is 3.59. The molecule has 1 nitrogen and oxygen atoms in total. The van der Waals surface area contributed by atoms with Gasteiger partial charge in [-0.25, -0.2) is 0 Å². The summed E-state index contributed by atoms with van der Waals surface area (Å²) in [7, 11) is -0.340. The van der Waals surface area contributed by atoms with Gasteiger partial charge in [-0.05, 0) is 56.1 Å². The summed E-state index contributed by atoms with van der Waals surface area (Å²) in [5, 5.41) is 6.71. The van der Waals surface area contributed by atoms with Crippen molar-refractivity contribution in [3.63, 3.8) is 0 Å². The summed E-state index contributed by atoms with van der Waals surface area (Å²) >= 11 is 0. The van der Waals surface area contributed by atoms with E-state index in [0.717, 1.165) is 6.54 Å². The summed E-state index contributed by atoms with van der Waals surface area (Å²) in [5.41, 5.74) is 2.04. The van der Waals surface area contributed by atoms with Crippen molar-refractivity contribution >= 4 is 18.5 Å². The van der Waals surface area contributed by atoms with Crippen molar-refractivity contribution in [2.45, 2.75) is 38.4 Å². The van der Waals surface area contributed by atoms with Crippen molar-refractivity contribution in [2.75, 3.05) is 6.54 Å². The number of benzene rings is 3. The first-order valence-corrected chi connectivity index (χ1v) is 11.4. The molecular formula is C25H30NP. The lowest BCUT2D eigenvalue weighted by molar-refractivity contribution is 0.547. The molecule has 1 N–H and O–H groups in total. The van der Waals surface area contributed by atoms with E-state index in [1.165, 1.54) is 29.0 Å². The van der Waals surface area contributed by atoms with Crippen LogP contribution in [0.3, 0.4) is 0 Å². The average molecular weight is 375 g/mol. The van der Waals surface area contributed by atoms with Crippen LogP contribution in [0.25, 0.3) is 0 Å². The van der Waals surface area contributed by atoms with Gasteiger partial charge in [0.2, 0.25) is 0 Å². The van der Waals surface area contributed by atoms with Crippen LogP contribution < -0.4 is 15.9 Å². The molecule has 3 aromatic carbocycles. The van der Waals surface area contributed by atoms with E-state index in [1.807, 2.05) is 0 Å². The van der Waals surface area contributed by atoms with Gasteiger partial charge in [0, 0.05) is 6.04 Å². The Balaban J connectivity index is 1.70. The lowest BCUT2D eigenvalue weighted by atomic mass is 10.1. The highest BCUT2D eigenvalue weighted by Gasteiger charge is 2.23. The fourth-order valence-corrected chi connectivity index (χ4v) is 6.47. The summed E-state index contributed by atoms with van der Waals surface area (Å²) in [6.45, 7) is 5.65. The van der Waals surface area contributed by atoms with Crippen molar-refractivity contribution < 1.29 is 0 Å². The zero-order valence-corrected chi connectivity index (χ0v) is 17.3. The van der Waals surface area contributed by atoms with Gasteiger partial charge in [0.15, 0.2) is 0 Å². The summed E-state index contributed by atoms with van der Waals surface area (Å²) < 4.78 is 0. The van der Waals surface area contributed by atoms with Crippen molar-refractivity contribution in [3.05, 3.63) is 96.6 Å². The van der Waals surface area contributed by atoms with E-state index < -0.39 is 0 Å². The minimum Gasteiger partial charge on any atom is -0.310 e. The molecule has 0 aromatic heterocycles. The standard InChI is InChI=1S/C25H30NP/c1-3-23(19-20-26-21(2)22-13-7-4-8-14-22)27(24-15-9-5-10-16-24)25-17-11-6-12-18-25/h4-18,21,23,26H,3,19-20H2,1-2H3/t21-,23+/m1/s1. The van der Waals surface area contributed by atoms with E-state index in [-0.39, 0.29) is 7.92 Å². The monoisotopic (exact) mass is 375 g/mol. The van der Waals surface area contributed by atoms with E-state index in [2.05, 4.69) is 110 Å². The Hall–Kier alpha value is -1.95. The summed E-state index contributed by atoms with van der Waals surface area (Å²) in [4.78, 5) is 0. The minimum atomic E-state index is -0.340. The lowest BCUT2D eigenvalue weighted by Crippen LogP contribution is -2.27. The Bertz CT molecular complexity index is 734. The van der Waals surface area contributed by atoms with E-state index >= 15 is 0 Å². The van der Waals surface area contributed by atoms with Crippen LogP contribution in [0.4, 0.5) is 0 Å². The van der Waals surface area contributed by atoms with E-state index in [4.69, 9.17) is 0 Å². The molecule has 0 heterocycles. The van der Waals surface area contributed by atoms with Crippen LogP contribution in [0.1, 0.15) is 38.3 Å². The molecule has 0 fully saturated rings. The van der Waals surface area contributed by atoms with Gasteiger partial charge in [0.1, 0.15) is 0 Å². The molecule has 0 radical (unpaired) electrons. The van der Waals surface area contributed by atoms with Crippen LogP contribution in [0, 0.1) is 0 Å². The third-order valence-corrected chi connectivity index (χ3v) is 8.20. The Kier molecular flexibility index (Phi) is 7.63. The number of hydrogen-bond donors (Lipinski definition) is 1. The number of nitrogens with one attached hydrogen (secondary N) is 1. The molecule has 0 bridgehead atoms. The predicted octanol–water partition coefficient (Wildman–Crippen LogP) is 5.64. The van der Waals surface area contributed by atoms with Crippen LogP contribution >= 0.6 is 7.92 Å². The van der Waals surface area contributed by atoms with Gasteiger partial charge in [-0.1, -0.05) is 97.9 Å². The first-order valence-electron chi connectivity index (χ1n) is 9.97. The number of hydrogen-bond acceptors (Lipinski definition) is 1. The molecule has 0 saturated carbocycles. The molecule has 140 valence electrons. The van der Waals surface area contributed by atoms with Crippen LogP contribution in [-0.2, 0) is 0 Å². The average Bonchev–Trinajstić information content (AvgIpc) is 2.75. The zero-order valence-electron chi connectivity index (χ0n) is 16.4. The molecule has 0 amide bonds. The van der Waals surface area contributed by atoms with E-state index in [1.54, 1.807) is 0 Å². The van der Waals surface area contributed by atoms with Gasteiger partial charge in [0.05, 0.1) is 0 Å². The van der Waals surface area contributed by atoms with E-state index in [0.29, 0.717) is 11.7 Å². The molecule has 0 aliphatic heterocycles. The highest BCUT2D eigenvalue weighted by molar-refractivity contribution is 7.73. The maximum atomic E-state index is 3.73. The largest absolute Gasteiger partial charge is 0.310 e. The third-order valence-electron chi connectivity index (χ3n) is 5.13. The molecule has 27 heavy (non-hydrogen) atoms. The topological polar surface area (TPSA) is 12.0 Å². The van der Waals surface area contributed by atoms with Crippen molar-refractivity contribution in [1.82, 2.24) is 5.32 Å². The van der Waals surface area contributed by atoms with Crippen molar-refractivity contribution in [2.24, 2.45) is 0 Å². The molecule has 2 heteroatoms. The second-order valence-corrected chi connectivity index (χ2v) is 9.48. The summed E-state index contributed by atoms with van der Waals surface area (Å²) in [6, 6.07) is 33.3. The fraction of sp³-hybridized carbons (Fsp3) is 0.280. The van der Waals surface area contributed by atoms with Crippen LogP contribution in [-0.4, -0.2) is 12.2 Å². The predicted molar refractivity (Wildman–Crippen MR) is 121 cm³/mol. The molecule has 2 atom stereocenters. The van der Waals surface area contributed by atoms with Gasteiger partial charge in [0.25, 0.3) is 0 Å². The second kappa shape index (κ2) is 10.4. The molecule has 0 saturated heterocycles. The maximum absolute atomic E-state index is 3.73. The highest BCUT2D eigenvalue weighted by Crippen LogP contribution is 2.42. The van der Waals surface area contributed by atoms with Gasteiger partial charge in [-0.3, -0.25) is 0 Å². The molecule has 0 spiro atoms. The van der Waals surface area contributed by atoms with Crippen molar-refractivity contribution in [3.8, 4) is 0 Å². The highest BCUT2D eigenvalue weighted by atomic mass is 31.1. The van der Waals surface area contributed by atoms with Gasteiger partial charge in [-0.2, -0.15) is 0 Å². The van der Waals surface area contributed by atoms with Crippen molar-refractivity contribution in [1.29, 1.82) is 0 Å².